The third kappa shape index (κ3) is 7.40. The van der Waals surface area contributed by atoms with Crippen LogP contribution < -0.4 is 15.0 Å². The molecule has 1 N–H and O–H groups in total. The average molecular weight is 411 g/mol. The smallest absolute Gasteiger partial charge is 0.217 e. The molecule has 1 heterocycles. The number of ether oxygens (including phenoxy) is 1. The molecule has 0 radical (unpaired) electrons. The van der Waals surface area contributed by atoms with Gasteiger partial charge in [-0.3, -0.25) is 4.79 Å². The van der Waals surface area contributed by atoms with Gasteiger partial charge in [-0.2, -0.15) is 0 Å². The molecule has 1 amide bonds. The zero-order chi connectivity index (χ0) is 22.1. The molecule has 0 aromatic heterocycles. The Morgan fingerprint density at radius 1 is 1.20 bits per heavy atom. The highest BCUT2D eigenvalue weighted by atomic mass is 16.5. The predicted octanol–water partition coefficient (Wildman–Crippen LogP) is 5.82. The predicted molar refractivity (Wildman–Crippen MR) is 126 cm³/mol. The lowest BCUT2D eigenvalue weighted by Crippen LogP contribution is -2.23. The van der Waals surface area contributed by atoms with Crippen molar-refractivity contribution in [3.8, 4) is 5.75 Å². The highest BCUT2D eigenvalue weighted by molar-refractivity contribution is 5.73. The molecule has 1 aliphatic rings. The molecule has 4 nitrogen and oxygen atoms in total. The first kappa shape index (κ1) is 23.8. The summed E-state index contributed by atoms with van der Waals surface area (Å²) in [5.41, 5.74) is 5.07. The summed E-state index contributed by atoms with van der Waals surface area (Å²) in [5, 5.41) is 2.84. The summed E-state index contributed by atoms with van der Waals surface area (Å²) in [5.74, 6) is 1.83. The van der Waals surface area contributed by atoms with E-state index < -0.39 is 0 Å². The summed E-state index contributed by atoms with van der Waals surface area (Å²) in [6, 6.07) is 14.7. The quantitative estimate of drug-likeness (QED) is 0.652. The first-order valence-corrected chi connectivity index (χ1v) is 11.1. The number of aryl methyl sites for hydroxylation is 2. The number of nitrogens with zero attached hydrogens (tertiary/aromatic N) is 1. The normalized spacial score (nSPS) is 16.5. The minimum absolute atomic E-state index is 0.00748. The SMILES string of the molecule is CC(=O)NC(C)c1ccc(C)cc1.CCCOc1ccc(N2CCC(C)C2)c(C)c1. The summed E-state index contributed by atoms with van der Waals surface area (Å²) >= 11 is 0. The molecule has 2 atom stereocenters. The van der Waals surface area contributed by atoms with Crippen LogP contribution >= 0.6 is 0 Å². The number of benzene rings is 2. The molecule has 1 fully saturated rings. The van der Waals surface area contributed by atoms with Gasteiger partial charge < -0.3 is 15.0 Å². The van der Waals surface area contributed by atoms with Gasteiger partial charge in [0, 0.05) is 25.7 Å². The topological polar surface area (TPSA) is 41.6 Å². The van der Waals surface area contributed by atoms with E-state index in [1.165, 1.54) is 43.2 Å². The Labute approximate surface area is 182 Å². The second-order valence-electron chi connectivity index (χ2n) is 8.47. The van der Waals surface area contributed by atoms with E-state index >= 15 is 0 Å². The van der Waals surface area contributed by atoms with Crippen molar-refractivity contribution in [2.24, 2.45) is 5.92 Å². The summed E-state index contributed by atoms with van der Waals surface area (Å²) in [6.45, 7) is 15.4. The van der Waals surface area contributed by atoms with Gasteiger partial charge >= 0.3 is 0 Å². The highest BCUT2D eigenvalue weighted by Gasteiger charge is 2.20. The zero-order valence-corrected chi connectivity index (χ0v) is 19.5. The molecule has 0 spiro atoms. The number of hydrogen-bond donors (Lipinski definition) is 1. The number of amides is 1. The Kier molecular flexibility index (Phi) is 9.22. The summed E-state index contributed by atoms with van der Waals surface area (Å²) in [6.07, 6.45) is 2.37. The molecule has 2 unspecified atom stereocenters. The molecule has 164 valence electrons. The van der Waals surface area contributed by atoms with E-state index in [0.29, 0.717) is 0 Å². The van der Waals surface area contributed by atoms with Crippen LogP contribution in [0.25, 0.3) is 0 Å². The van der Waals surface area contributed by atoms with Gasteiger partial charge in [-0.15, -0.1) is 0 Å². The van der Waals surface area contributed by atoms with Crippen molar-refractivity contribution in [1.82, 2.24) is 5.32 Å². The zero-order valence-electron chi connectivity index (χ0n) is 19.5. The van der Waals surface area contributed by atoms with E-state index in [2.05, 4.69) is 49.2 Å². The van der Waals surface area contributed by atoms with Crippen molar-refractivity contribution in [3.63, 3.8) is 0 Å². The van der Waals surface area contributed by atoms with Crippen LogP contribution in [0, 0.1) is 19.8 Å². The van der Waals surface area contributed by atoms with Crippen LogP contribution in [-0.4, -0.2) is 25.6 Å². The van der Waals surface area contributed by atoms with Crippen LogP contribution in [0.15, 0.2) is 42.5 Å². The van der Waals surface area contributed by atoms with Crippen LogP contribution in [0.3, 0.4) is 0 Å². The molecule has 4 heteroatoms. The second-order valence-corrected chi connectivity index (χ2v) is 8.47. The van der Waals surface area contributed by atoms with Crippen LogP contribution in [0.4, 0.5) is 5.69 Å². The van der Waals surface area contributed by atoms with Gasteiger partial charge in [0.1, 0.15) is 5.75 Å². The summed E-state index contributed by atoms with van der Waals surface area (Å²) < 4.78 is 5.66. The number of carbonyl (C=O) groups is 1. The van der Waals surface area contributed by atoms with Gasteiger partial charge in [0.2, 0.25) is 5.91 Å². The summed E-state index contributed by atoms with van der Waals surface area (Å²) in [4.78, 5) is 13.3. The van der Waals surface area contributed by atoms with Crippen LogP contribution in [0.5, 0.6) is 5.75 Å². The molecule has 1 saturated heterocycles. The van der Waals surface area contributed by atoms with Crippen molar-refractivity contribution in [1.29, 1.82) is 0 Å². The molecule has 0 aliphatic carbocycles. The largest absolute Gasteiger partial charge is 0.494 e. The monoisotopic (exact) mass is 410 g/mol. The minimum Gasteiger partial charge on any atom is -0.494 e. The molecule has 0 bridgehead atoms. The van der Waals surface area contributed by atoms with Gasteiger partial charge in [0.05, 0.1) is 12.6 Å². The van der Waals surface area contributed by atoms with E-state index in [-0.39, 0.29) is 11.9 Å². The minimum atomic E-state index is 0.00748. The van der Waals surface area contributed by atoms with Gasteiger partial charge in [0.25, 0.3) is 0 Å². The highest BCUT2D eigenvalue weighted by Crippen LogP contribution is 2.29. The Hall–Kier alpha value is -2.49. The molecule has 2 aromatic carbocycles. The molecular weight excluding hydrogens is 372 g/mol. The van der Waals surface area contributed by atoms with Crippen LogP contribution in [-0.2, 0) is 4.79 Å². The van der Waals surface area contributed by atoms with E-state index in [1.807, 2.05) is 38.1 Å². The van der Waals surface area contributed by atoms with E-state index in [9.17, 15) is 4.79 Å². The van der Waals surface area contributed by atoms with Crippen LogP contribution in [0.2, 0.25) is 0 Å². The second kappa shape index (κ2) is 11.6. The number of rotatable bonds is 6. The number of hydrogen-bond acceptors (Lipinski definition) is 3. The summed E-state index contributed by atoms with van der Waals surface area (Å²) in [7, 11) is 0. The van der Waals surface area contributed by atoms with Crippen molar-refractivity contribution in [2.45, 2.75) is 60.4 Å². The van der Waals surface area contributed by atoms with Crippen molar-refractivity contribution >= 4 is 11.6 Å². The Morgan fingerprint density at radius 3 is 2.43 bits per heavy atom. The van der Waals surface area contributed by atoms with Gasteiger partial charge in [-0.1, -0.05) is 43.7 Å². The third-order valence-corrected chi connectivity index (χ3v) is 5.40. The molecule has 3 rings (SSSR count). The fraction of sp³-hybridized carbons (Fsp3) is 0.500. The van der Waals surface area contributed by atoms with Crippen LogP contribution in [0.1, 0.15) is 63.3 Å². The van der Waals surface area contributed by atoms with Gasteiger partial charge in [-0.25, -0.2) is 0 Å². The molecule has 2 aromatic rings. The molecule has 30 heavy (non-hydrogen) atoms. The number of carbonyl (C=O) groups excluding carboxylic acids is 1. The Morgan fingerprint density at radius 2 is 1.90 bits per heavy atom. The number of anilines is 1. The van der Waals surface area contributed by atoms with Gasteiger partial charge in [0.15, 0.2) is 0 Å². The molecule has 1 aliphatic heterocycles. The third-order valence-electron chi connectivity index (χ3n) is 5.40. The maximum atomic E-state index is 10.8. The Balaban J connectivity index is 0.000000222. The van der Waals surface area contributed by atoms with E-state index in [4.69, 9.17) is 4.74 Å². The maximum absolute atomic E-state index is 10.8. The first-order valence-electron chi connectivity index (χ1n) is 11.1. The van der Waals surface area contributed by atoms with Crippen molar-refractivity contribution < 1.29 is 9.53 Å². The van der Waals surface area contributed by atoms with Gasteiger partial charge in [-0.05, 0) is 68.9 Å². The first-order chi connectivity index (χ1) is 14.3. The lowest BCUT2D eigenvalue weighted by Gasteiger charge is -2.21. The Bertz CT molecular complexity index is 801. The van der Waals surface area contributed by atoms with Crippen molar-refractivity contribution in [2.75, 3.05) is 24.6 Å². The fourth-order valence-corrected chi connectivity index (χ4v) is 3.69. The van der Waals surface area contributed by atoms with Crippen molar-refractivity contribution in [3.05, 3.63) is 59.2 Å². The lowest BCUT2D eigenvalue weighted by molar-refractivity contribution is -0.119. The molecular formula is C26H38N2O2. The maximum Gasteiger partial charge on any atom is 0.217 e. The lowest BCUT2D eigenvalue weighted by atomic mass is 10.1. The van der Waals surface area contributed by atoms with E-state index in [1.54, 1.807) is 0 Å². The number of nitrogens with one attached hydrogen (secondary N) is 1. The molecule has 0 saturated carbocycles. The standard InChI is InChI=1S/C15H23NO.C11H15NO/c1-4-9-17-14-5-6-15(13(3)10-14)16-8-7-12(2)11-16;1-8-4-6-11(7-5-8)9(2)12-10(3)13/h5-6,10,12H,4,7-9,11H2,1-3H3;4-7,9H,1-3H3,(H,12,13). The fourth-order valence-electron chi connectivity index (χ4n) is 3.69. The average Bonchev–Trinajstić information content (AvgIpc) is 3.13. The van der Waals surface area contributed by atoms with E-state index in [0.717, 1.165) is 30.3 Å².